The monoisotopic (exact) mass is 442 g/mol. The molecule has 2 N–H and O–H groups in total. The summed E-state index contributed by atoms with van der Waals surface area (Å²) in [6.45, 7) is 0.466. The van der Waals surface area contributed by atoms with Gasteiger partial charge in [0.1, 0.15) is 5.82 Å². The summed E-state index contributed by atoms with van der Waals surface area (Å²) >= 11 is 12.4. The Bertz CT molecular complexity index is 1160. The van der Waals surface area contributed by atoms with Gasteiger partial charge in [0, 0.05) is 28.4 Å². The van der Waals surface area contributed by atoms with Gasteiger partial charge in [-0.15, -0.1) is 0 Å². The second kappa shape index (κ2) is 8.09. The summed E-state index contributed by atoms with van der Waals surface area (Å²) in [5.41, 5.74) is 8.73. The second-order valence-electron chi connectivity index (χ2n) is 7.06. The Kier molecular flexibility index (Phi) is 5.50. The Morgan fingerprint density at radius 1 is 1.00 bits per heavy atom. The average molecular weight is 443 g/mol. The third-order valence-corrected chi connectivity index (χ3v) is 5.83. The van der Waals surface area contributed by atoms with Gasteiger partial charge in [-0.1, -0.05) is 35.3 Å². The summed E-state index contributed by atoms with van der Waals surface area (Å²) in [6, 6.07) is 14.6. The van der Waals surface area contributed by atoms with Crippen LogP contribution in [0.2, 0.25) is 10.0 Å². The minimum absolute atomic E-state index is 0.0822. The minimum atomic E-state index is -0.647. The van der Waals surface area contributed by atoms with Gasteiger partial charge in [-0.25, -0.2) is 4.39 Å². The zero-order valence-electron chi connectivity index (χ0n) is 15.8. The zero-order chi connectivity index (χ0) is 21.4. The van der Waals surface area contributed by atoms with Crippen LogP contribution in [0.5, 0.6) is 0 Å². The molecule has 0 saturated heterocycles. The molecular formula is C23H17Cl2FN2O2. The molecule has 0 fully saturated rings. The molecular weight excluding hydrogens is 426 g/mol. The van der Waals surface area contributed by atoms with Crippen molar-refractivity contribution in [2.24, 2.45) is 5.73 Å². The number of hydrogen-bond acceptors (Lipinski definition) is 2. The van der Waals surface area contributed by atoms with Crippen LogP contribution in [-0.2, 0) is 6.42 Å². The van der Waals surface area contributed by atoms with E-state index in [2.05, 4.69) is 0 Å². The van der Waals surface area contributed by atoms with Crippen molar-refractivity contribution in [2.75, 3.05) is 11.4 Å². The number of nitrogens with zero attached hydrogens (tertiary/aromatic N) is 1. The third kappa shape index (κ3) is 3.66. The number of nitrogens with two attached hydrogens (primary N) is 1. The number of carbonyl (C=O) groups excluding carboxylic acids is 2. The van der Waals surface area contributed by atoms with E-state index in [1.807, 2.05) is 18.2 Å². The molecule has 4 rings (SSSR count). The molecule has 1 aliphatic rings. The van der Waals surface area contributed by atoms with Gasteiger partial charge in [-0.05, 0) is 66.4 Å². The lowest BCUT2D eigenvalue weighted by molar-refractivity contribution is 0.0978. The minimum Gasteiger partial charge on any atom is -0.366 e. The topological polar surface area (TPSA) is 63.4 Å². The number of carbonyl (C=O) groups is 2. The highest BCUT2D eigenvalue weighted by atomic mass is 35.5. The summed E-state index contributed by atoms with van der Waals surface area (Å²) in [6.07, 6.45) is 1.48. The van der Waals surface area contributed by atoms with Crippen LogP contribution >= 0.6 is 23.2 Å². The molecule has 0 aliphatic carbocycles. The van der Waals surface area contributed by atoms with Crippen molar-refractivity contribution in [1.82, 2.24) is 0 Å². The number of primary amides is 1. The fraction of sp³-hybridized carbons (Fsp3) is 0.130. The summed E-state index contributed by atoms with van der Waals surface area (Å²) in [4.78, 5) is 26.1. The molecule has 7 heteroatoms. The highest BCUT2D eigenvalue weighted by molar-refractivity contribution is 6.34. The van der Waals surface area contributed by atoms with Crippen LogP contribution in [0, 0.1) is 5.82 Å². The van der Waals surface area contributed by atoms with E-state index in [0.29, 0.717) is 28.4 Å². The second-order valence-corrected chi connectivity index (χ2v) is 7.87. The number of rotatable bonds is 3. The van der Waals surface area contributed by atoms with Crippen LogP contribution in [0.4, 0.5) is 10.1 Å². The van der Waals surface area contributed by atoms with Gasteiger partial charge < -0.3 is 10.6 Å². The summed E-state index contributed by atoms with van der Waals surface area (Å²) < 4.78 is 14.3. The fourth-order valence-electron chi connectivity index (χ4n) is 3.71. The lowest BCUT2D eigenvalue weighted by Crippen LogP contribution is -2.36. The summed E-state index contributed by atoms with van der Waals surface area (Å²) in [5, 5.41) is 0.570. The summed E-state index contributed by atoms with van der Waals surface area (Å²) in [7, 11) is 0. The number of anilines is 1. The highest BCUT2D eigenvalue weighted by Crippen LogP contribution is 2.36. The van der Waals surface area contributed by atoms with Crippen molar-refractivity contribution in [3.8, 4) is 11.1 Å². The van der Waals surface area contributed by atoms with Crippen molar-refractivity contribution in [3.05, 3.63) is 87.2 Å². The lowest BCUT2D eigenvalue weighted by Gasteiger charge is -2.30. The Hall–Kier alpha value is -2.89. The molecule has 152 valence electrons. The predicted molar refractivity (Wildman–Crippen MR) is 117 cm³/mol. The SMILES string of the molecule is NC(=O)c1ccc(Cl)c(-c2ccc3c(c2)CCCN3C(=O)c2c(F)cccc2Cl)c1. The number of fused-ring (bicyclic) bond motifs is 1. The van der Waals surface area contributed by atoms with Crippen LogP contribution < -0.4 is 10.6 Å². The van der Waals surface area contributed by atoms with Crippen LogP contribution in [0.25, 0.3) is 11.1 Å². The molecule has 1 aliphatic heterocycles. The molecule has 1 heterocycles. The first-order valence-electron chi connectivity index (χ1n) is 9.35. The number of amides is 2. The maximum atomic E-state index is 14.3. The van der Waals surface area contributed by atoms with Crippen molar-refractivity contribution in [3.63, 3.8) is 0 Å². The van der Waals surface area contributed by atoms with Gasteiger partial charge >= 0.3 is 0 Å². The number of benzene rings is 3. The van der Waals surface area contributed by atoms with E-state index in [1.165, 1.54) is 18.2 Å². The highest BCUT2D eigenvalue weighted by Gasteiger charge is 2.27. The van der Waals surface area contributed by atoms with E-state index in [9.17, 15) is 14.0 Å². The molecule has 0 aromatic heterocycles. The smallest absolute Gasteiger partial charge is 0.262 e. The fourth-order valence-corrected chi connectivity index (χ4v) is 4.18. The summed E-state index contributed by atoms with van der Waals surface area (Å²) in [5.74, 6) is -1.66. The molecule has 0 bridgehead atoms. The maximum Gasteiger partial charge on any atom is 0.262 e. The Morgan fingerprint density at radius 3 is 2.53 bits per heavy atom. The van der Waals surface area contributed by atoms with Crippen molar-refractivity contribution >= 4 is 40.7 Å². The van der Waals surface area contributed by atoms with Gasteiger partial charge in [0.15, 0.2) is 0 Å². The lowest BCUT2D eigenvalue weighted by atomic mass is 9.95. The third-order valence-electron chi connectivity index (χ3n) is 5.18. The van der Waals surface area contributed by atoms with Crippen LogP contribution in [0.3, 0.4) is 0 Å². The largest absolute Gasteiger partial charge is 0.366 e. The van der Waals surface area contributed by atoms with E-state index in [4.69, 9.17) is 28.9 Å². The normalized spacial score (nSPS) is 13.1. The van der Waals surface area contributed by atoms with Crippen LogP contribution in [-0.4, -0.2) is 18.4 Å². The Morgan fingerprint density at radius 2 is 1.80 bits per heavy atom. The Labute approximate surface area is 183 Å². The number of halogens is 3. The van der Waals surface area contributed by atoms with Gasteiger partial charge in [0.2, 0.25) is 5.91 Å². The molecule has 0 unspecified atom stereocenters. The molecule has 0 radical (unpaired) electrons. The van der Waals surface area contributed by atoms with Gasteiger partial charge in [-0.2, -0.15) is 0 Å². The average Bonchev–Trinajstić information content (AvgIpc) is 2.72. The molecule has 0 atom stereocenters. The van der Waals surface area contributed by atoms with Crippen LogP contribution in [0.15, 0.2) is 54.6 Å². The zero-order valence-corrected chi connectivity index (χ0v) is 17.3. The first kappa shape index (κ1) is 20.4. The first-order valence-corrected chi connectivity index (χ1v) is 10.1. The molecule has 30 heavy (non-hydrogen) atoms. The van der Waals surface area contributed by atoms with Gasteiger partial charge in [0.25, 0.3) is 5.91 Å². The molecule has 3 aromatic rings. The van der Waals surface area contributed by atoms with Gasteiger partial charge in [0.05, 0.1) is 10.6 Å². The maximum absolute atomic E-state index is 14.3. The van der Waals surface area contributed by atoms with E-state index in [1.54, 1.807) is 23.1 Å². The Balaban J connectivity index is 1.75. The molecule has 2 amide bonds. The van der Waals surface area contributed by atoms with E-state index >= 15 is 0 Å². The number of hydrogen-bond donors (Lipinski definition) is 1. The van der Waals surface area contributed by atoms with E-state index in [0.717, 1.165) is 24.0 Å². The number of aryl methyl sites for hydroxylation is 1. The molecule has 4 nitrogen and oxygen atoms in total. The standard InChI is InChI=1S/C23H17Cl2FN2O2/c24-17-8-6-15(22(27)29)12-16(17)13-7-9-20-14(11-13)3-2-10-28(20)23(30)21-18(25)4-1-5-19(21)26/h1,4-9,11-12H,2-3,10H2,(H2,27,29). The van der Waals surface area contributed by atoms with Crippen LogP contribution in [0.1, 0.15) is 32.7 Å². The van der Waals surface area contributed by atoms with E-state index < -0.39 is 17.6 Å². The quantitative estimate of drug-likeness (QED) is 0.582. The molecule has 3 aromatic carbocycles. The predicted octanol–water partition coefficient (Wildman–Crippen LogP) is 5.49. The van der Waals surface area contributed by atoms with Gasteiger partial charge in [-0.3, -0.25) is 9.59 Å². The van der Waals surface area contributed by atoms with Crippen molar-refractivity contribution in [1.29, 1.82) is 0 Å². The van der Waals surface area contributed by atoms with Crippen molar-refractivity contribution < 1.29 is 14.0 Å². The van der Waals surface area contributed by atoms with E-state index in [-0.39, 0.29) is 10.6 Å². The first-order chi connectivity index (χ1) is 14.4. The van der Waals surface area contributed by atoms with Crippen molar-refractivity contribution in [2.45, 2.75) is 12.8 Å². The molecule has 0 saturated carbocycles. The molecule has 0 spiro atoms.